The number of nitrogens with zero attached hydrogens (tertiary/aromatic N) is 2. The Morgan fingerprint density at radius 1 is 1.40 bits per heavy atom. The van der Waals surface area contributed by atoms with E-state index in [0.717, 1.165) is 23.6 Å². The lowest BCUT2D eigenvalue weighted by Crippen LogP contribution is -2.16. The van der Waals surface area contributed by atoms with Gasteiger partial charge >= 0.3 is 0 Å². The minimum atomic E-state index is 0.0893. The maximum Gasteiger partial charge on any atom is 0.243 e. The van der Waals surface area contributed by atoms with Crippen LogP contribution in [-0.4, -0.2) is 29.9 Å². The van der Waals surface area contributed by atoms with E-state index in [-0.39, 0.29) is 12.1 Å². The zero-order chi connectivity index (χ0) is 13.9. The van der Waals surface area contributed by atoms with Gasteiger partial charge in [0.1, 0.15) is 0 Å². The first-order valence-corrected chi connectivity index (χ1v) is 6.95. The molecule has 1 aliphatic heterocycles. The summed E-state index contributed by atoms with van der Waals surface area (Å²) in [6.45, 7) is 0.816. The maximum atomic E-state index is 5.86. The Balaban J connectivity index is 1.66. The lowest BCUT2D eigenvalue weighted by atomic mass is 10.1. The van der Waals surface area contributed by atoms with Gasteiger partial charge in [-0.3, -0.25) is 0 Å². The van der Waals surface area contributed by atoms with Gasteiger partial charge in [0.15, 0.2) is 5.82 Å². The van der Waals surface area contributed by atoms with Gasteiger partial charge in [-0.2, -0.15) is 4.98 Å². The molecule has 0 radical (unpaired) electrons. The summed E-state index contributed by atoms with van der Waals surface area (Å²) in [4.78, 5) is 4.45. The summed E-state index contributed by atoms with van der Waals surface area (Å²) < 4.78 is 10.6. The molecular weight excluding hydrogens is 278 g/mol. The number of hydrogen-bond acceptors (Lipinski definition) is 5. The highest BCUT2D eigenvalue weighted by atomic mass is 35.5. The molecule has 0 saturated carbocycles. The molecule has 1 N–H and O–H groups in total. The number of ether oxygens (including phenoxy) is 1. The van der Waals surface area contributed by atoms with Gasteiger partial charge in [-0.05, 0) is 24.1 Å². The maximum absolute atomic E-state index is 5.86. The Labute approximate surface area is 122 Å². The average molecular weight is 294 g/mol. The highest BCUT2D eigenvalue weighted by molar-refractivity contribution is 6.30. The Hall–Kier alpha value is -1.43. The topological polar surface area (TPSA) is 60.2 Å². The van der Waals surface area contributed by atoms with Crippen LogP contribution in [0.2, 0.25) is 5.02 Å². The first kappa shape index (κ1) is 13.5. The summed E-state index contributed by atoms with van der Waals surface area (Å²) in [5, 5.41) is 8.07. The van der Waals surface area contributed by atoms with E-state index < -0.39 is 0 Å². The fraction of sp³-hybridized carbons (Fsp3) is 0.429. The molecule has 106 valence electrons. The summed E-state index contributed by atoms with van der Waals surface area (Å²) in [6.07, 6.45) is 1.71. The van der Waals surface area contributed by atoms with Crippen LogP contribution in [0.3, 0.4) is 0 Å². The Morgan fingerprint density at radius 3 is 2.90 bits per heavy atom. The van der Waals surface area contributed by atoms with E-state index in [1.165, 1.54) is 0 Å². The normalized spacial score (nSPS) is 22.3. The first-order valence-electron chi connectivity index (χ1n) is 6.57. The van der Waals surface area contributed by atoms with Crippen LogP contribution in [0.1, 0.15) is 29.7 Å². The van der Waals surface area contributed by atoms with Gasteiger partial charge in [0, 0.05) is 25.1 Å². The Morgan fingerprint density at radius 2 is 2.20 bits per heavy atom. The second kappa shape index (κ2) is 5.91. The van der Waals surface area contributed by atoms with E-state index in [0.29, 0.717) is 18.1 Å². The molecule has 0 amide bonds. The van der Waals surface area contributed by atoms with Crippen molar-refractivity contribution in [2.24, 2.45) is 0 Å². The van der Waals surface area contributed by atoms with Crippen LogP contribution in [0.15, 0.2) is 28.8 Å². The molecule has 0 aliphatic carbocycles. The highest BCUT2D eigenvalue weighted by Gasteiger charge is 2.29. The van der Waals surface area contributed by atoms with Gasteiger partial charge in [0.05, 0.1) is 12.1 Å². The van der Waals surface area contributed by atoms with E-state index in [4.69, 9.17) is 20.9 Å². The second-order valence-corrected chi connectivity index (χ2v) is 5.34. The van der Waals surface area contributed by atoms with Crippen molar-refractivity contribution in [2.45, 2.75) is 25.0 Å². The molecule has 1 fully saturated rings. The molecule has 1 aromatic carbocycles. The van der Waals surface area contributed by atoms with Crippen LogP contribution in [0.5, 0.6) is 0 Å². The van der Waals surface area contributed by atoms with Crippen LogP contribution in [0.4, 0.5) is 0 Å². The summed E-state index contributed by atoms with van der Waals surface area (Å²) in [6, 6.07) is 7.74. The number of rotatable bonds is 4. The van der Waals surface area contributed by atoms with E-state index in [9.17, 15) is 0 Å². The Kier molecular flexibility index (Phi) is 4.00. The SMILES string of the molecule is COC1CNC(c2nc(Cc3ccc(Cl)cc3)no2)C1. The molecule has 20 heavy (non-hydrogen) atoms. The number of hydrogen-bond donors (Lipinski definition) is 1. The monoisotopic (exact) mass is 293 g/mol. The molecule has 2 aromatic rings. The molecule has 5 nitrogen and oxygen atoms in total. The lowest BCUT2D eigenvalue weighted by Gasteiger charge is -2.04. The zero-order valence-electron chi connectivity index (χ0n) is 11.2. The van der Waals surface area contributed by atoms with Crippen LogP contribution >= 0.6 is 11.6 Å². The molecule has 2 heterocycles. The smallest absolute Gasteiger partial charge is 0.243 e. The quantitative estimate of drug-likeness (QED) is 0.938. The van der Waals surface area contributed by atoms with Gasteiger partial charge in [-0.1, -0.05) is 28.9 Å². The third-order valence-corrected chi connectivity index (χ3v) is 3.73. The summed E-state index contributed by atoms with van der Waals surface area (Å²) in [5.74, 6) is 1.32. The molecule has 2 unspecified atom stereocenters. The third kappa shape index (κ3) is 3.00. The van der Waals surface area contributed by atoms with Crippen LogP contribution in [0.25, 0.3) is 0 Å². The van der Waals surface area contributed by atoms with E-state index >= 15 is 0 Å². The molecule has 3 rings (SSSR count). The molecular formula is C14H16ClN3O2. The first-order chi connectivity index (χ1) is 9.74. The predicted octanol–water partition coefficient (Wildman–Crippen LogP) is 2.36. The number of nitrogens with one attached hydrogen (secondary N) is 1. The highest BCUT2D eigenvalue weighted by Crippen LogP contribution is 2.23. The Bertz CT molecular complexity index is 570. The minimum absolute atomic E-state index is 0.0893. The van der Waals surface area contributed by atoms with Crippen molar-refractivity contribution in [1.29, 1.82) is 0 Å². The molecule has 2 atom stereocenters. The fourth-order valence-electron chi connectivity index (χ4n) is 2.34. The third-order valence-electron chi connectivity index (χ3n) is 3.48. The zero-order valence-corrected chi connectivity index (χ0v) is 11.9. The summed E-state index contributed by atoms with van der Waals surface area (Å²) >= 11 is 5.86. The molecule has 0 bridgehead atoms. The molecule has 0 spiro atoms. The van der Waals surface area contributed by atoms with E-state index in [1.807, 2.05) is 24.3 Å². The van der Waals surface area contributed by atoms with Gasteiger partial charge < -0.3 is 14.6 Å². The second-order valence-electron chi connectivity index (χ2n) is 4.91. The minimum Gasteiger partial charge on any atom is -0.380 e. The van der Waals surface area contributed by atoms with Crippen molar-refractivity contribution < 1.29 is 9.26 Å². The number of methoxy groups -OCH3 is 1. The summed E-state index contributed by atoms with van der Waals surface area (Å²) in [7, 11) is 1.72. The van der Waals surface area contributed by atoms with Gasteiger partial charge in [-0.25, -0.2) is 0 Å². The van der Waals surface area contributed by atoms with Crippen molar-refractivity contribution in [1.82, 2.24) is 15.5 Å². The predicted molar refractivity (Wildman–Crippen MR) is 74.7 cm³/mol. The lowest BCUT2D eigenvalue weighted by molar-refractivity contribution is 0.116. The molecule has 1 aliphatic rings. The number of halogens is 1. The number of aromatic nitrogens is 2. The molecule has 6 heteroatoms. The molecule has 1 aromatic heterocycles. The van der Waals surface area contributed by atoms with Gasteiger partial charge in [0.2, 0.25) is 5.89 Å². The van der Waals surface area contributed by atoms with Crippen LogP contribution in [-0.2, 0) is 11.2 Å². The van der Waals surface area contributed by atoms with E-state index in [1.54, 1.807) is 7.11 Å². The average Bonchev–Trinajstić information content (AvgIpc) is 3.10. The van der Waals surface area contributed by atoms with Gasteiger partial charge in [0.25, 0.3) is 0 Å². The van der Waals surface area contributed by atoms with Gasteiger partial charge in [-0.15, -0.1) is 0 Å². The van der Waals surface area contributed by atoms with Crippen molar-refractivity contribution in [3.05, 3.63) is 46.6 Å². The van der Waals surface area contributed by atoms with Crippen molar-refractivity contribution >= 4 is 11.6 Å². The standard InChI is InChI=1S/C14H16ClN3O2/c1-19-11-7-12(16-8-11)14-17-13(18-20-14)6-9-2-4-10(15)5-3-9/h2-5,11-12,16H,6-8H2,1H3. The number of benzene rings is 1. The summed E-state index contributed by atoms with van der Waals surface area (Å²) in [5.41, 5.74) is 1.11. The van der Waals surface area contributed by atoms with E-state index in [2.05, 4.69) is 15.5 Å². The fourth-order valence-corrected chi connectivity index (χ4v) is 2.46. The van der Waals surface area contributed by atoms with Crippen molar-refractivity contribution in [3.8, 4) is 0 Å². The van der Waals surface area contributed by atoms with Crippen LogP contribution < -0.4 is 5.32 Å². The van der Waals surface area contributed by atoms with Crippen LogP contribution in [0, 0.1) is 0 Å². The molecule has 1 saturated heterocycles. The largest absolute Gasteiger partial charge is 0.380 e. The van der Waals surface area contributed by atoms with Crippen molar-refractivity contribution in [2.75, 3.05) is 13.7 Å². The van der Waals surface area contributed by atoms with Crippen molar-refractivity contribution in [3.63, 3.8) is 0 Å².